The lowest BCUT2D eigenvalue weighted by molar-refractivity contribution is -0.132. The molecule has 0 aliphatic carbocycles. The van der Waals surface area contributed by atoms with Gasteiger partial charge in [0.2, 0.25) is 5.91 Å². The maximum atomic E-state index is 13.3. The SMILES string of the molecule is CCc1ccc(/C(O)=C2\C(=O)C(=O)N(c3cccc(NC(C)=O)c3)C2c2ccc(OC)cc2)cc1. The molecule has 2 amide bonds. The molecule has 0 radical (unpaired) electrons. The lowest BCUT2D eigenvalue weighted by Crippen LogP contribution is -2.29. The van der Waals surface area contributed by atoms with Crippen molar-refractivity contribution in [2.45, 2.75) is 26.3 Å². The number of ether oxygens (including phenoxy) is 1. The van der Waals surface area contributed by atoms with Crippen LogP contribution in [0.5, 0.6) is 5.75 Å². The smallest absolute Gasteiger partial charge is 0.300 e. The Morgan fingerprint density at radius 2 is 1.71 bits per heavy atom. The van der Waals surface area contributed by atoms with E-state index in [9.17, 15) is 19.5 Å². The Kier molecular flexibility index (Phi) is 6.68. The summed E-state index contributed by atoms with van der Waals surface area (Å²) in [5, 5.41) is 13.9. The molecule has 1 aliphatic heterocycles. The van der Waals surface area contributed by atoms with Gasteiger partial charge in [-0.15, -0.1) is 0 Å². The minimum atomic E-state index is -0.876. The second-order valence-electron chi connectivity index (χ2n) is 8.22. The molecular weight excluding hydrogens is 444 g/mol. The first-order valence-electron chi connectivity index (χ1n) is 11.3. The van der Waals surface area contributed by atoms with Crippen molar-refractivity contribution in [2.75, 3.05) is 17.3 Å². The van der Waals surface area contributed by atoms with Crippen LogP contribution < -0.4 is 15.0 Å². The molecule has 1 fully saturated rings. The Labute approximate surface area is 203 Å². The van der Waals surface area contributed by atoms with Crippen LogP contribution in [0.25, 0.3) is 5.76 Å². The van der Waals surface area contributed by atoms with Gasteiger partial charge in [-0.05, 0) is 47.9 Å². The van der Waals surface area contributed by atoms with Crippen LogP contribution in [0.1, 0.15) is 36.6 Å². The molecule has 7 heteroatoms. The van der Waals surface area contributed by atoms with Crippen LogP contribution >= 0.6 is 0 Å². The van der Waals surface area contributed by atoms with Gasteiger partial charge in [0.25, 0.3) is 11.7 Å². The molecule has 7 nitrogen and oxygen atoms in total. The van der Waals surface area contributed by atoms with E-state index in [1.165, 1.54) is 11.8 Å². The molecular formula is C28H26N2O5. The molecule has 0 bridgehead atoms. The molecule has 0 saturated carbocycles. The van der Waals surface area contributed by atoms with Gasteiger partial charge in [0.1, 0.15) is 11.5 Å². The van der Waals surface area contributed by atoms with Crippen LogP contribution in [-0.4, -0.2) is 29.8 Å². The monoisotopic (exact) mass is 470 g/mol. The van der Waals surface area contributed by atoms with E-state index in [4.69, 9.17) is 4.74 Å². The van der Waals surface area contributed by atoms with Gasteiger partial charge in [-0.3, -0.25) is 19.3 Å². The lowest BCUT2D eigenvalue weighted by atomic mass is 9.94. The molecule has 3 aromatic rings. The highest BCUT2D eigenvalue weighted by Crippen LogP contribution is 2.43. The van der Waals surface area contributed by atoms with E-state index in [1.807, 2.05) is 19.1 Å². The molecule has 2 N–H and O–H groups in total. The molecule has 1 saturated heterocycles. The number of amides is 2. The number of nitrogens with one attached hydrogen (secondary N) is 1. The zero-order valence-electron chi connectivity index (χ0n) is 19.7. The Bertz CT molecular complexity index is 1310. The first-order chi connectivity index (χ1) is 16.8. The molecule has 1 unspecified atom stereocenters. The molecule has 1 heterocycles. The van der Waals surface area contributed by atoms with E-state index in [0.717, 1.165) is 12.0 Å². The summed E-state index contributed by atoms with van der Waals surface area (Å²) >= 11 is 0. The van der Waals surface area contributed by atoms with Gasteiger partial charge in [0.05, 0.1) is 18.7 Å². The summed E-state index contributed by atoms with van der Waals surface area (Å²) in [6.45, 7) is 3.42. The van der Waals surface area contributed by atoms with E-state index < -0.39 is 17.7 Å². The highest BCUT2D eigenvalue weighted by Gasteiger charge is 2.47. The fourth-order valence-corrected chi connectivity index (χ4v) is 4.19. The van der Waals surface area contributed by atoms with E-state index >= 15 is 0 Å². The Hall–Kier alpha value is -4.39. The number of aliphatic hydroxyl groups is 1. The first kappa shape index (κ1) is 23.8. The number of hydrogen-bond acceptors (Lipinski definition) is 5. The van der Waals surface area contributed by atoms with Crippen LogP contribution in [0.2, 0.25) is 0 Å². The number of carbonyl (C=O) groups excluding carboxylic acids is 3. The average Bonchev–Trinajstić information content (AvgIpc) is 3.13. The summed E-state index contributed by atoms with van der Waals surface area (Å²) in [5.41, 5.74) is 3.06. The van der Waals surface area contributed by atoms with Gasteiger partial charge < -0.3 is 15.2 Å². The number of nitrogens with zero attached hydrogens (tertiary/aromatic N) is 1. The lowest BCUT2D eigenvalue weighted by Gasteiger charge is -2.26. The quantitative estimate of drug-likeness (QED) is 0.305. The summed E-state index contributed by atoms with van der Waals surface area (Å²) in [4.78, 5) is 39.5. The number of Topliss-reactive ketones (excluding diaryl/α,β-unsaturated/α-hetero) is 1. The van der Waals surface area contributed by atoms with Crippen molar-refractivity contribution < 1.29 is 24.2 Å². The predicted octanol–water partition coefficient (Wildman–Crippen LogP) is 4.84. The highest BCUT2D eigenvalue weighted by atomic mass is 16.5. The van der Waals surface area contributed by atoms with Crippen molar-refractivity contribution in [1.82, 2.24) is 0 Å². The fraction of sp³-hybridized carbons (Fsp3) is 0.179. The summed E-state index contributed by atoms with van der Waals surface area (Å²) in [7, 11) is 1.55. The third-order valence-electron chi connectivity index (χ3n) is 5.96. The van der Waals surface area contributed by atoms with Crippen molar-refractivity contribution in [1.29, 1.82) is 0 Å². The number of aliphatic hydroxyl groups excluding tert-OH is 1. The standard InChI is InChI=1S/C28H26N2O5/c1-4-18-8-10-20(11-9-18)26(32)24-25(19-12-14-23(35-3)15-13-19)30(28(34)27(24)33)22-7-5-6-21(16-22)29-17(2)31/h5-16,25,32H,4H2,1-3H3,(H,29,31)/b26-24+. The molecule has 4 rings (SSSR count). The van der Waals surface area contributed by atoms with Gasteiger partial charge >= 0.3 is 0 Å². The van der Waals surface area contributed by atoms with Crippen LogP contribution in [0.4, 0.5) is 11.4 Å². The van der Waals surface area contributed by atoms with Crippen LogP contribution in [0, 0.1) is 0 Å². The maximum Gasteiger partial charge on any atom is 0.300 e. The van der Waals surface area contributed by atoms with Crippen molar-refractivity contribution in [3.8, 4) is 5.75 Å². The van der Waals surface area contributed by atoms with E-state index in [-0.39, 0.29) is 17.2 Å². The normalized spacial score (nSPS) is 16.9. The van der Waals surface area contributed by atoms with Crippen molar-refractivity contribution >= 4 is 34.7 Å². The van der Waals surface area contributed by atoms with E-state index in [0.29, 0.717) is 28.3 Å². The summed E-state index contributed by atoms with van der Waals surface area (Å²) in [5.74, 6) is -1.43. The Morgan fingerprint density at radius 1 is 1.03 bits per heavy atom. The van der Waals surface area contributed by atoms with Gasteiger partial charge in [-0.2, -0.15) is 0 Å². The largest absolute Gasteiger partial charge is 0.507 e. The highest BCUT2D eigenvalue weighted by molar-refractivity contribution is 6.51. The first-order valence-corrected chi connectivity index (χ1v) is 11.3. The zero-order valence-corrected chi connectivity index (χ0v) is 19.7. The fourth-order valence-electron chi connectivity index (χ4n) is 4.19. The third kappa shape index (κ3) is 4.66. The van der Waals surface area contributed by atoms with Gasteiger partial charge in [-0.1, -0.05) is 49.4 Å². The molecule has 35 heavy (non-hydrogen) atoms. The number of methoxy groups -OCH3 is 1. The maximum absolute atomic E-state index is 13.3. The molecule has 0 aromatic heterocycles. The van der Waals surface area contributed by atoms with E-state index in [1.54, 1.807) is 67.8 Å². The number of aryl methyl sites for hydroxylation is 1. The second-order valence-corrected chi connectivity index (χ2v) is 8.22. The van der Waals surface area contributed by atoms with Crippen LogP contribution in [0.15, 0.2) is 78.4 Å². The van der Waals surface area contributed by atoms with Gasteiger partial charge in [0, 0.05) is 23.9 Å². The number of benzene rings is 3. The van der Waals surface area contributed by atoms with Crippen LogP contribution in [-0.2, 0) is 20.8 Å². The molecule has 3 aromatic carbocycles. The minimum absolute atomic E-state index is 0.00524. The van der Waals surface area contributed by atoms with Crippen molar-refractivity contribution in [3.63, 3.8) is 0 Å². The Morgan fingerprint density at radius 3 is 2.31 bits per heavy atom. The molecule has 178 valence electrons. The number of ketones is 1. The predicted molar refractivity (Wildman–Crippen MR) is 134 cm³/mol. The van der Waals surface area contributed by atoms with Gasteiger partial charge in [0.15, 0.2) is 0 Å². The van der Waals surface area contributed by atoms with E-state index in [2.05, 4.69) is 5.32 Å². The second kappa shape index (κ2) is 9.85. The summed E-state index contributed by atoms with van der Waals surface area (Å²) < 4.78 is 5.25. The number of anilines is 2. The molecule has 1 atom stereocenters. The number of carbonyl (C=O) groups is 3. The topological polar surface area (TPSA) is 95.9 Å². The summed E-state index contributed by atoms with van der Waals surface area (Å²) in [6, 6.07) is 20.0. The number of rotatable bonds is 6. The molecule has 0 spiro atoms. The Balaban J connectivity index is 1.89. The summed E-state index contributed by atoms with van der Waals surface area (Å²) in [6.07, 6.45) is 0.835. The van der Waals surface area contributed by atoms with Crippen molar-refractivity contribution in [2.24, 2.45) is 0 Å². The average molecular weight is 471 g/mol. The molecule has 1 aliphatic rings. The third-order valence-corrected chi connectivity index (χ3v) is 5.96. The zero-order chi connectivity index (χ0) is 25.1. The minimum Gasteiger partial charge on any atom is -0.507 e. The number of hydrogen-bond donors (Lipinski definition) is 2. The van der Waals surface area contributed by atoms with Gasteiger partial charge in [-0.25, -0.2) is 0 Å². The van der Waals surface area contributed by atoms with Crippen molar-refractivity contribution in [3.05, 3.63) is 95.1 Å². The van der Waals surface area contributed by atoms with Crippen LogP contribution in [0.3, 0.4) is 0 Å².